The molecule has 2 fully saturated rings. The Bertz CT molecular complexity index is 410. The van der Waals surface area contributed by atoms with Gasteiger partial charge in [-0.2, -0.15) is 0 Å². The molecule has 5 nitrogen and oxygen atoms in total. The van der Waals surface area contributed by atoms with Crippen molar-refractivity contribution in [3.05, 3.63) is 18.2 Å². The van der Waals surface area contributed by atoms with E-state index in [1.807, 2.05) is 12.5 Å². The first kappa shape index (κ1) is 14.0. The molecule has 1 saturated heterocycles. The van der Waals surface area contributed by atoms with Crippen molar-refractivity contribution in [2.45, 2.75) is 44.3 Å². The second-order valence-electron chi connectivity index (χ2n) is 6.04. The zero-order valence-electron chi connectivity index (χ0n) is 12.4. The molecule has 1 aromatic rings. The summed E-state index contributed by atoms with van der Waals surface area (Å²) in [5.74, 6) is 0. The molecule has 0 radical (unpaired) electrons. The van der Waals surface area contributed by atoms with Gasteiger partial charge in [0, 0.05) is 45.0 Å². The van der Waals surface area contributed by atoms with Gasteiger partial charge in [0.1, 0.15) is 0 Å². The Kier molecular flexibility index (Phi) is 4.70. The molecule has 1 unspecified atom stereocenters. The van der Waals surface area contributed by atoms with E-state index < -0.39 is 0 Å². The topological polar surface area (TPSA) is 42.3 Å². The first-order valence-electron chi connectivity index (χ1n) is 7.82. The third-order valence-corrected chi connectivity index (χ3v) is 4.32. The van der Waals surface area contributed by atoms with E-state index >= 15 is 0 Å². The van der Waals surface area contributed by atoms with Crippen molar-refractivity contribution in [3.63, 3.8) is 0 Å². The molecule has 1 N–H and O–H groups in total. The van der Waals surface area contributed by atoms with Crippen LogP contribution >= 0.6 is 0 Å². The van der Waals surface area contributed by atoms with Crippen molar-refractivity contribution < 1.29 is 4.74 Å². The number of hydrogen-bond donors (Lipinski definition) is 1. The summed E-state index contributed by atoms with van der Waals surface area (Å²) in [5, 5.41) is 3.59. The van der Waals surface area contributed by atoms with Gasteiger partial charge in [-0.1, -0.05) is 0 Å². The second kappa shape index (κ2) is 6.70. The average Bonchev–Trinajstić information content (AvgIpc) is 2.98. The second-order valence-corrected chi connectivity index (χ2v) is 6.04. The molecule has 0 bridgehead atoms. The maximum atomic E-state index is 5.26. The summed E-state index contributed by atoms with van der Waals surface area (Å²) >= 11 is 0. The first-order valence-corrected chi connectivity index (χ1v) is 7.82. The molecule has 5 heteroatoms. The van der Waals surface area contributed by atoms with Crippen LogP contribution in [0.2, 0.25) is 0 Å². The molecule has 3 rings (SSSR count). The van der Waals surface area contributed by atoms with Crippen LogP contribution in [-0.4, -0.2) is 53.8 Å². The lowest BCUT2D eigenvalue weighted by Crippen LogP contribution is -2.39. The van der Waals surface area contributed by atoms with Gasteiger partial charge in [-0.05, 0) is 32.2 Å². The highest BCUT2D eigenvalue weighted by Crippen LogP contribution is 2.35. The highest BCUT2D eigenvalue weighted by molar-refractivity contribution is 5.03. The van der Waals surface area contributed by atoms with Gasteiger partial charge in [0.25, 0.3) is 0 Å². The quantitative estimate of drug-likeness (QED) is 0.781. The fourth-order valence-corrected chi connectivity index (χ4v) is 3.04. The maximum absolute atomic E-state index is 5.26. The Hall–Kier alpha value is -0.910. The minimum atomic E-state index is 0.643. The Morgan fingerprint density at radius 1 is 1.45 bits per heavy atom. The summed E-state index contributed by atoms with van der Waals surface area (Å²) in [6.45, 7) is 5.05. The van der Waals surface area contributed by atoms with Crippen LogP contribution in [0.15, 0.2) is 12.5 Å². The van der Waals surface area contributed by atoms with Crippen molar-refractivity contribution >= 4 is 0 Å². The predicted octanol–water partition coefficient (Wildman–Crippen LogP) is 1.42. The van der Waals surface area contributed by atoms with Gasteiger partial charge in [-0.3, -0.25) is 4.90 Å². The van der Waals surface area contributed by atoms with Gasteiger partial charge in [-0.25, -0.2) is 4.98 Å². The third-order valence-electron chi connectivity index (χ3n) is 4.32. The zero-order chi connectivity index (χ0) is 13.8. The fraction of sp³-hybridized carbons (Fsp3) is 0.800. The van der Waals surface area contributed by atoms with Gasteiger partial charge < -0.3 is 14.6 Å². The zero-order valence-corrected chi connectivity index (χ0v) is 12.4. The van der Waals surface area contributed by atoms with Crippen molar-refractivity contribution in [2.75, 3.05) is 33.4 Å². The molecule has 2 heterocycles. The fourth-order valence-electron chi connectivity index (χ4n) is 3.04. The lowest BCUT2D eigenvalue weighted by molar-refractivity contribution is 0.136. The molecule has 1 saturated carbocycles. The summed E-state index contributed by atoms with van der Waals surface area (Å²) in [5.41, 5.74) is 1.35. The number of nitrogens with one attached hydrogen (secondary N) is 1. The van der Waals surface area contributed by atoms with Crippen molar-refractivity contribution in [2.24, 2.45) is 0 Å². The Labute approximate surface area is 121 Å². The monoisotopic (exact) mass is 278 g/mol. The van der Waals surface area contributed by atoms with Crippen molar-refractivity contribution in [1.82, 2.24) is 19.8 Å². The van der Waals surface area contributed by atoms with E-state index in [0.29, 0.717) is 12.1 Å². The summed E-state index contributed by atoms with van der Waals surface area (Å²) in [6, 6.07) is 1.35. The largest absolute Gasteiger partial charge is 0.383 e. The van der Waals surface area contributed by atoms with Gasteiger partial charge in [0.2, 0.25) is 0 Å². The standard InChI is InChI=1S/C15H26N4O/c1-20-8-7-18(10-13-3-2-6-17-13)11-15-9-16-12-19(15)14-4-5-14/h9,12-14,17H,2-8,10-11H2,1H3. The third kappa shape index (κ3) is 3.59. The van der Waals surface area contributed by atoms with E-state index in [4.69, 9.17) is 4.74 Å². The normalized spacial score (nSPS) is 22.8. The van der Waals surface area contributed by atoms with E-state index in [1.165, 1.54) is 37.9 Å². The van der Waals surface area contributed by atoms with Gasteiger partial charge in [0.15, 0.2) is 0 Å². The minimum Gasteiger partial charge on any atom is -0.383 e. The van der Waals surface area contributed by atoms with Gasteiger partial charge >= 0.3 is 0 Å². The Morgan fingerprint density at radius 3 is 3.05 bits per heavy atom. The van der Waals surface area contributed by atoms with E-state index in [-0.39, 0.29) is 0 Å². The van der Waals surface area contributed by atoms with E-state index in [1.54, 1.807) is 7.11 Å². The minimum absolute atomic E-state index is 0.643. The van der Waals surface area contributed by atoms with E-state index in [0.717, 1.165) is 26.2 Å². The number of imidazole rings is 1. The number of ether oxygens (including phenoxy) is 1. The molecule has 1 aliphatic carbocycles. The molecule has 0 amide bonds. The molecule has 112 valence electrons. The van der Waals surface area contributed by atoms with Crippen molar-refractivity contribution in [1.29, 1.82) is 0 Å². The van der Waals surface area contributed by atoms with Crippen LogP contribution in [0, 0.1) is 0 Å². The van der Waals surface area contributed by atoms with Crippen LogP contribution in [0.5, 0.6) is 0 Å². The molecular formula is C15H26N4O. The lowest BCUT2D eigenvalue weighted by Gasteiger charge is -2.25. The lowest BCUT2D eigenvalue weighted by atomic mass is 10.2. The van der Waals surface area contributed by atoms with Crippen LogP contribution in [0.1, 0.15) is 37.4 Å². The average molecular weight is 278 g/mol. The summed E-state index contributed by atoms with van der Waals surface area (Å²) < 4.78 is 7.62. The summed E-state index contributed by atoms with van der Waals surface area (Å²) in [4.78, 5) is 6.84. The molecule has 1 aromatic heterocycles. The molecule has 1 atom stereocenters. The van der Waals surface area contributed by atoms with Gasteiger partial charge in [0.05, 0.1) is 18.6 Å². The maximum Gasteiger partial charge on any atom is 0.0951 e. The predicted molar refractivity (Wildman–Crippen MR) is 78.7 cm³/mol. The number of methoxy groups -OCH3 is 1. The van der Waals surface area contributed by atoms with E-state index in [2.05, 4.69) is 19.8 Å². The molecule has 20 heavy (non-hydrogen) atoms. The highest BCUT2D eigenvalue weighted by atomic mass is 16.5. The van der Waals surface area contributed by atoms with Crippen molar-refractivity contribution in [3.8, 4) is 0 Å². The smallest absolute Gasteiger partial charge is 0.0951 e. The van der Waals surface area contributed by atoms with Crippen LogP contribution in [-0.2, 0) is 11.3 Å². The first-order chi connectivity index (χ1) is 9.86. The molecule has 0 spiro atoms. The SMILES string of the molecule is COCCN(Cc1cncn1C1CC1)CC1CCCN1. The molecule has 1 aliphatic heterocycles. The Morgan fingerprint density at radius 2 is 2.35 bits per heavy atom. The highest BCUT2D eigenvalue weighted by Gasteiger charge is 2.26. The number of nitrogens with zero attached hydrogens (tertiary/aromatic N) is 3. The molecular weight excluding hydrogens is 252 g/mol. The molecule has 2 aliphatic rings. The Balaban J connectivity index is 1.60. The number of hydrogen-bond acceptors (Lipinski definition) is 4. The molecule has 0 aromatic carbocycles. The van der Waals surface area contributed by atoms with Gasteiger partial charge in [-0.15, -0.1) is 0 Å². The summed E-state index contributed by atoms with van der Waals surface area (Å²) in [7, 11) is 1.78. The summed E-state index contributed by atoms with van der Waals surface area (Å²) in [6.07, 6.45) is 9.25. The van der Waals surface area contributed by atoms with Crippen LogP contribution < -0.4 is 5.32 Å². The van der Waals surface area contributed by atoms with Crippen LogP contribution in [0.4, 0.5) is 0 Å². The number of rotatable bonds is 8. The van der Waals surface area contributed by atoms with Crippen LogP contribution in [0.25, 0.3) is 0 Å². The number of aromatic nitrogens is 2. The van der Waals surface area contributed by atoms with Crippen LogP contribution in [0.3, 0.4) is 0 Å². The van der Waals surface area contributed by atoms with E-state index in [9.17, 15) is 0 Å².